The Hall–Kier alpha value is -1.84. The Bertz CT molecular complexity index is 384. The molecule has 1 unspecified atom stereocenters. The number of rotatable bonds is 5. The number of hydrogen-bond donors (Lipinski definition) is 0. The van der Waals surface area contributed by atoms with Crippen LogP contribution >= 0.6 is 0 Å². The van der Waals surface area contributed by atoms with Crippen LogP contribution in [0, 0.1) is 0 Å². The summed E-state index contributed by atoms with van der Waals surface area (Å²) in [5.41, 5.74) is 1.11. The average molecular weight is 250 g/mol. The standard InChI is InChI=1S/C14H18O4/c1-10(13-7-5-4-6-8-13)9-14(17-11(2)15)18-12(3)16/h4-8,10,14H,9H2,1-3H3. The molecular weight excluding hydrogens is 232 g/mol. The molecule has 4 nitrogen and oxygen atoms in total. The van der Waals surface area contributed by atoms with Crippen molar-refractivity contribution < 1.29 is 19.1 Å². The van der Waals surface area contributed by atoms with E-state index in [1.807, 2.05) is 37.3 Å². The van der Waals surface area contributed by atoms with Crippen molar-refractivity contribution in [2.45, 2.75) is 39.4 Å². The Morgan fingerprint density at radius 2 is 1.56 bits per heavy atom. The van der Waals surface area contributed by atoms with Crippen LogP contribution in [0.3, 0.4) is 0 Å². The number of carbonyl (C=O) groups excluding carboxylic acids is 2. The van der Waals surface area contributed by atoms with Crippen LogP contribution in [-0.2, 0) is 19.1 Å². The first-order chi connectivity index (χ1) is 8.49. The summed E-state index contributed by atoms with van der Waals surface area (Å²) in [5, 5.41) is 0. The lowest BCUT2D eigenvalue weighted by Crippen LogP contribution is -2.24. The minimum Gasteiger partial charge on any atom is -0.425 e. The Kier molecular flexibility index (Phi) is 5.36. The fraction of sp³-hybridized carbons (Fsp3) is 0.429. The van der Waals surface area contributed by atoms with Crippen LogP contribution < -0.4 is 0 Å². The van der Waals surface area contributed by atoms with Crippen LogP contribution in [0.25, 0.3) is 0 Å². The molecule has 0 aliphatic carbocycles. The lowest BCUT2D eigenvalue weighted by atomic mass is 9.98. The van der Waals surface area contributed by atoms with E-state index in [4.69, 9.17) is 9.47 Å². The summed E-state index contributed by atoms with van der Waals surface area (Å²) in [6, 6.07) is 9.80. The van der Waals surface area contributed by atoms with Gasteiger partial charge in [-0.15, -0.1) is 0 Å². The zero-order valence-corrected chi connectivity index (χ0v) is 10.9. The van der Waals surface area contributed by atoms with E-state index in [0.717, 1.165) is 5.56 Å². The molecule has 0 amide bonds. The zero-order chi connectivity index (χ0) is 13.5. The van der Waals surface area contributed by atoms with Crippen molar-refractivity contribution in [2.75, 3.05) is 0 Å². The summed E-state index contributed by atoms with van der Waals surface area (Å²) in [6.45, 7) is 4.59. The maximum absolute atomic E-state index is 10.9. The highest BCUT2D eigenvalue weighted by Crippen LogP contribution is 2.22. The fourth-order valence-electron chi connectivity index (χ4n) is 1.70. The van der Waals surface area contributed by atoms with E-state index in [1.54, 1.807) is 0 Å². The van der Waals surface area contributed by atoms with Crippen molar-refractivity contribution in [3.8, 4) is 0 Å². The van der Waals surface area contributed by atoms with Gasteiger partial charge in [-0.05, 0) is 11.5 Å². The summed E-state index contributed by atoms with van der Waals surface area (Å²) in [7, 11) is 0. The van der Waals surface area contributed by atoms with Crippen molar-refractivity contribution in [3.63, 3.8) is 0 Å². The maximum atomic E-state index is 10.9. The van der Waals surface area contributed by atoms with E-state index in [9.17, 15) is 9.59 Å². The molecule has 0 saturated carbocycles. The molecule has 0 aliphatic heterocycles. The summed E-state index contributed by atoms with van der Waals surface area (Å²) < 4.78 is 9.94. The van der Waals surface area contributed by atoms with Crippen LogP contribution in [0.4, 0.5) is 0 Å². The van der Waals surface area contributed by atoms with Crippen molar-refractivity contribution in [1.82, 2.24) is 0 Å². The highest BCUT2D eigenvalue weighted by molar-refractivity contribution is 5.68. The minimum absolute atomic E-state index is 0.134. The smallest absolute Gasteiger partial charge is 0.305 e. The molecule has 1 aromatic carbocycles. The Morgan fingerprint density at radius 3 is 2.00 bits per heavy atom. The highest BCUT2D eigenvalue weighted by Gasteiger charge is 2.19. The molecule has 98 valence electrons. The van der Waals surface area contributed by atoms with Gasteiger partial charge in [0.15, 0.2) is 0 Å². The highest BCUT2D eigenvalue weighted by atomic mass is 16.7. The zero-order valence-electron chi connectivity index (χ0n) is 10.9. The predicted molar refractivity (Wildman–Crippen MR) is 66.8 cm³/mol. The Morgan fingerprint density at radius 1 is 1.06 bits per heavy atom. The topological polar surface area (TPSA) is 52.6 Å². The van der Waals surface area contributed by atoms with Crippen LogP contribution in [0.1, 0.15) is 38.7 Å². The van der Waals surface area contributed by atoms with Gasteiger partial charge in [-0.25, -0.2) is 0 Å². The van der Waals surface area contributed by atoms with E-state index >= 15 is 0 Å². The number of hydrogen-bond acceptors (Lipinski definition) is 4. The van der Waals surface area contributed by atoms with Crippen LogP contribution in [0.15, 0.2) is 30.3 Å². The molecule has 0 fully saturated rings. The third-order valence-corrected chi connectivity index (χ3v) is 2.51. The molecule has 18 heavy (non-hydrogen) atoms. The summed E-state index contributed by atoms with van der Waals surface area (Å²) in [4.78, 5) is 21.9. The third kappa shape index (κ3) is 4.99. The van der Waals surface area contributed by atoms with Gasteiger partial charge in [0.1, 0.15) is 0 Å². The largest absolute Gasteiger partial charge is 0.425 e. The van der Waals surface area contributed by atoms with Crippen molar-refractivity contribution in [3.05, 3.63) is 35.9 Å². The van der Waals surface area contributed by atoms with Gasteiger partial charge in [0, 0.05) is 20.3 Å². The lowest BCUT2D eigenvalue weighted by molar-refractivity contribution is -0.186. The molecule has 0 bridgehead atoms. The lowest BCUT2D eigenvalue weighted by Gasteiger charge is -2.20. The van der Waals surface area contributed by atoms with Gasteiger partial charge in [0.05, 0.1) is 0 Å². The molecule has 0 aliphatic rings. The predicted octanol–water partition coefficient (Wildman–Crippen LogP) is 2.63. The molecule has 0 spiro atoms. The van der Waals surface area contributed by atoms with Gasteiger partial charge in [-0.1, -0.05) is 37.3 Å². The first-order valence-electron chi connectivity index (χ1n) is 5.88. The van der Waals surface area contributed by atoms with Crippen molar-refractivity contribution in [2.24, 2.45) is 0 Å². The first kappa shape index (κ1) is 14.2. The van der Waals surface area contributed by atoms with Crippen molar-refractivity contribution >= 4 is 11.9 Å². The van der Waals surface area contributed by atoms with Gasteiger partial charge < -0.3 is 9.47 Å². The summed E-state index contributed by atoms with van der Waals surface area (Å²) in [6.07, 6.45) is -0.376. The SMILES string of the molecule is CC(=O)OC(CC(C)c1ccccc1)OC(C)=O. The van der Waals surface area contributed by atoms with Gasteiger partial charge in [-0.2, -0.15) is 0 Å². The molecule has 0 saturated heterocycles. The average Bonchev–Trinajstić information content (AvgIpc) is 2.28. The van der Waals surface area contributed by atoms with E-state index in [2.05, 4.69) is 0 Å². The van der Waals surface area contributed by atoms with E-state index in [0.29, 0.717) is 6.42 Å². The molecule has 0 radical (unpaired) electrons. The summed E-state index contributed by atoms with van der Waals surface area (Å²) >= 11 is 0. The number of ether oxygens (including phenoxy) is 2. The van der Waals surface area contributed by atoms with Crippen LogP contribution in [0.2, 0.25) is 0 Å². The quantitative estimate of drug-likeness (QED) is 0.595. The van der Waals surface area contributed by atoms with Gasteiger partial charge in [-0.3, -0.25) is 9.59 Å². The fourth-order valence-corrected chi connectivity index (χ4v) is 1.70. The molecule has 1 aromatic rings. The molecule has 1 atom stereocenters. The Balaban J connectivity index is 2.64. The second kappa shape index (κ2) is 6.79. The number of benzene rings is 1. The second-order valence-corrected chi connectivity index (χ2v) is 4.20. The normalized spacial score (nSPS) is 12.0. The maximum Gasteiger partial charge on any atom is 0.305 e. The Labute approximate surface area is 107 Å². The van der Waals surface area contributed by atoms with E-state index < -0.39 is 18.2 Å². The molecule has 0 heterocycles. The minimum atomic E-state index is -0.824. The van der Waals surface area contributed by atoms with Gasteiger partial charge in [0.25, 0.3) is 0 Å². The number of carbonyl (C=O) groups is 2. The monoisotopic (exact) mass is 250 g/mol. The van der Waals surface area contributed by atoms with Crippen LogP contribution in [0.5, 0.6) is 0 Å². The summed E-state index contributed by atoms with van der Waals surface area (Å²) in [5.74, 6) is -0.780. The molecule has 1 rings (SSSR count). The third-order valence-electron chi connectivity index (χ3n) is 2.51. The van der Waals surface area contributed by atoms with Crippen molar-refractivity contribution in [1.29, 1.82) is 0 Å². The molecule has 4 heteroatoms. The van der Waals surface area contributed by atoms with Gasteiger partial charge >= 0.3 is 11.9 Å². The van der Waals surface area contributed by atoms with E-state index in [-0.39, 0.29) is 5.92 Å². The van der Waals surface area contributed by atoms with Crippen LogP contribution in [-0.4, -0.2) is 18.2 Å². The first-order valence-corrected chi connectivity index (χ1v) is 5.88. The number of esters is 2. The van der Waals surface area contributed by atoms with E-state index in [1.165, 1.54) is 13.8 Å². The second-order valence-electron chi connectivity index (χ2n) is 4.20. The molecular formula is C14H18O4. The molecule has 0 N–H and O–H groups in total. The molecule has 0 aromatic heterocycles. The van der Waals surface area contributed by atoms with Gasteiger partial charge in [0.2, 0.25) is 6.29 Å².